The van der Waals surface area contributed by atoms with E-state index in [0.29, 0.717) is 19.1 Å². The van der Waals surface area contributed by atoms with Crippen molar-refractivity contribution in [3.05, 3.63) is 12.7 Å². The van der Waals surface area contributed by atoms with E-state index in [9.17, 15) is 4.79 Å². The molecule has 0 aromatic heterocycles. The Labute approximate surface area is 123 Å². The summed E-state index contributed by atoms with van der Waals surface area (Å²) in [5.74, 6) is 0.601. The van der Waals surface area contributed by atoms with Crippen LogP contribution in [0.15, 0.2) is 12.7 Å². The second-order valence-corrected chi connectivity index (χ2v) is 9.87. The van der Waals surface area contributed by atoms with Gasteiger partial charge in [-0.15, -0.1) is 0 Å². The van der Waals surface area contributed by atoms with Crippen LogP contribution < -0.4 is 0 Å². The molecule has 0 unspecified atom stereocenters. The zero-order valence-electron chi connectivity index (χ0n) is 13.0. The fraction of sp³-hybridized carbons (Fsp3) is 0.714. The van der Waals surface area contributed by atoms with Crippen molar-refractivity contribution in [3.63, 3.8) is 0 Å². The van der Waals surface area contributed by atoms with Crippen LogP contribution in [0.2, 0.25) is 19.1 Å². The van der Waals surface area contributed by atoms with Crippen molar-refractivity contribution < 1.29 is 14.0 Å². The summed E-state index contributed by atoms with van der Waals surface area (Å²) < 4.78 is 10.9. The van der Waals surface area contributed by atoms with Gasteiger partial charge in [0.05, 0.1) is 12.7 Å². The molecule has 0 aliphatic rings. The first kappa shape index (κ1) is 18.7. The van der Waals surface area contributed by atoms with Crippen molar-refractivity contribution in [1.82, 2.24) is 4.90 Å². The molecule has 0 aromatic carbocycles. The Morgan fingerprint density at radius 1 is 1.50 bits per heavy atom. The zero-order chi connectivity index (χ0) is 15.6. The van der Waals surface area contributed by atoms with Gasteiger partial charge in [-0.05, 0) is 25.1 Å². The number of carbonyl (C=O) groups excluding carboxylic acids is 1. The summed E-state index contributed by atoms with van der Waals surface area (Å²) in [7, 11) is -1.69. The van der Waals surface area contributed by atoms with Crippen molar-refractivity contribution in [2.75, 3.05) is 26.3 Å². The highest BCUT2D eigenvalue weighted by Crippen LogP contribution is 2.17. The largest absolute Gasteiger partial charge is 0.445 e. The number of nitriles is 1. The molecule has 0 fully saturated rings. The van der Waals surface area contributed by atoms with Crippen LogP contribution in [-0.2, 0) is 9.16 Å². The van der Waals surface area contributed by atoms with E-state index in [4.69, 9.17) is 14.4 Å². The predicted molar refractivity (Wildman–Crippen MR) is 81.8 cm³/mol. The van der Waals surface area contributed by atoms with E-state index in [1.54, 1.807) is 0 Å². The number of carbonyl (C=O) groups is 1. The maximum atomic E-state index is 11.7. The Balaban J connectivity index is 4.24. The monoisotopic (exact) mass is 298 g/mol. The summed E-state index contributed by atoms with van der Waals surface area (Å²) in [6, 6.07) is 3.04. The van der Waals surface area contributed by atoms with E-state index < -0.39 is 14.4 Å². The lowest BCUT2D eigenvalue weighted by Crippen LogP contribution is -2.39. The van der Waals surface area contributed by atoms with Gasteiger partial charge >= 0.3 is 6.09 Å². The quantitative estimate of drug-likeness (QED) is 0.373. The maximum Gasteiger partial charge on any atom is 0.411 e. The molecule has 5 nitrogen and oxygen atoms in total. The molecule has 0 radical (unpaired) electrons. The van der Waals surface area contributed by atoms with Crippen molar-refractivity contribution in [2.24, 2.45) is 5.92 Å². The second-order valence-electron chi connectivity index (χ2n) is 5.65. The van der Waals surface area contributed by atoms with Crippen LogP contribution in [0, 0.1) is 17.2 Å². The average Bonchev–Trinajstić information content (AvgIpc) is 2.33. The summed E-state index contributed by atoms with van der Waals surface area (Å²) in [4.78, 5) is 13.0. The summed E-state index contributed by atoms with van der Waals surface area (Å²) in [6.07, 6.45) is 0.996. The zero-order valence-corrected chi connectivity index (χ0v) is 14.0. The van der Waals surface area contributed by atoms with E-state index in [-0.39, 0.29) is 13.2 Å². The van der Waals surface area contributed by atoms with Crippen molar-refractivity contribution >= 4 is 14.4 Å². The van der Waals surface area contributed by atoms with Crippen LogP contribution in [-0.4, -0.2) is 45.6 Å². The van der Waals surface area contributed by atoms with E-state index in [1.807, 2.05) is 6.07 Å². The third kappa shape index (κ3) is 8.72. The molecule has 0 aliphatic carbocycles. The van der Waals surface area contributed by atoms with Crippen LogP contribution in [0.5, 0.6) is 0 Å². The van der Waals surface area contributed by atoms with Gasteiger partial charge in [-0.3, -0.25) is 4.90 Å². The molecule has 0 aliphatic heterocycles. The van der Waals surface area contributed by atoms with Crippen molar-refractivity contribution in [2.45, 2.75) is 33.0 Å². The first-order valence-corrected chi connectivity index (χ1v) is 9.97. The average molecular weight is 298 g/mol. The topological polar surface area (TPSA) is 62.6 Å². The minimum Gasteiger partial charge on any atom is -0.445 e. The fourth-order valence-corrected chi connectivity index (χ4v) is 4.74. The lowest BCUT2D eigenvalue weighted by molar-refractivity contribution is 0.110. The minimum atomic E-state index is -1.69. The van der Waals surface area contributed by atoms with Crippen LogP contribution in [0.1, 0.15) is 13.8 Å². The molecule has 0 bridgehead atoms. The van der Waals surface area contributed by atoms with Gasteiger partial charge in [0.15, 0.2) is 8.32 Å². The van der Waals surface area contributed by atoms with Gasteiger partial charge in [-0.2, -0.15) is 5.26 Å². The number of ether oxygens (including phenoxy) is 1. The van der Waals surface area contributed by atoms with E-state index >= 15 is 0 Å². The van der Waals surface area contributed by atoms with Gasteiger partial charge in [0.2, 0.25) is 0 Å². The highest BCUT2D eigenvalue weighted by molar-refractivity contribution is 6.71. The Bertz CT molecular complexity index is 351. The second kappa shape index (κ2) is 9.56. The Morgan fingerprint density at radius 2 is 2.15 bits per heavy atom. The molecule has 0 heterocycles. The molecule has 114 valence electrons. The number of rotatable bonds is 9. The molecule has 0 spiro atoms. The van der Waals surface area contributed by atoms with Gasteiger partial charge < -0.3 is 9.16 Å². The predicted octanol–water partition coefficient (Wildman–Crippen LogP) is 3.01. The molecule has 20 heavy (non-hydrogen) atoms. The molecule has 0 saturated carbocycles. The molecular weight excluding hydrogens is 272 g/mol. The Morgan fingerprint density at radius 3 is 2.65 bits per heavy atom. The van der Waals surface area contributed by atoms with Crippen molar-refractivity contribution in [1.29, 1.82) is 5.26 Å². The third-order valence-corrected chi connectivity index (χ3v) is 5.38. The van der Waals surface area contributed by atoms with Crippen LogP contribution >= 0.6 is 0 Å². The van der Waals surface area contributed by atoms with E-state index in [2.05, 4.69) is 33.5 Å². The van der Waals surface area contributed by atoms with Crippen LogP contribution in [0.3, 0.4) is 0 Å². The lowest BCUT2D eigenvalue weighted by atomic mass is 10.3. The molecule has 0 rings (SSSR count). The summed E-state index contributed by atoms with van der Waals surface area (Å²) in [5, 5.41) is 8.74. The fourth-order valence-electron chi connectivity index (χ4n) is 2.02. The van der Waals surface area contributed by atoms with Crippen LogP contribution in [0.25, 0.3) is 0 Å². The number of nitrogens with zero attached hydrogens (tertiary/aromatic N) is 2. The highest BCUT2D eigenvalue weighted by Gasteiger charge is 2.24. The molecular formula is C14H26N2O3Si. The SMILES string of the molecule is C=CCOC(=O)N(CC#N)CCO[Si](C)(C)CC(C)C. The first-order chi connectivity index (χ1) is 9.32. The third-order valence-electron chi connectivity index (χ3n) is 2.60. The van der Waals surface area contributed by atoms with Crippen molar-refractivity contribution in [3.8, 4) is 6.07 Å². The minimum absolute atomic E-state index is 0.00546. The summed E-state index contributed by atoms with van der Waals surface area (Å²) >= 11 is 0. The van der Waals surface area contributed by atoms with Gasteiger partial charge in [-0.25, -0.2) is 4.79 Å². The molecule has 6 heteroatoms. The molecule has 0 saturated heterocycles. The number of amides is 1. The van der Waals surface area contributed by atoms with E-state index in [1.165, 1.54) is 11.0 Å². The Hall–Kier alpha value is -1.32. The molecule has 0 aromatic rings. The first-order valence-electron chi connectivity index (χ1n) is 6.86. The van der Waals surface area contributed by atoms with Gasteiger partial charge in [-0.1, -0.05) is 26.5 Å². The standard InChI is InChI=1S/C14H26N2O3Si/c1-6-10-18-14(17)16(8-7-15)9-11-19-20(4,5)12-13(2)3/h6,13H,1,8-12H2,2-5H3. The Kier molecular flexibility index (Phi) is 8.93. The normalized spacial score (nSPS) is 11.0. The smallest absolute Gasteiger partial charge is 0.411 e. The lowest BCUT2D eigenvalue weighted by Gasteiger charge is -2.26. The van der Waals surface area contributed by atoms with Gasteiger partial charge in [0.25, 0.3) is 0 Å². The van der Waals surface area contributed by atoms with Crippen LogP contribution in [0.4, 0.5) is 4.79 Å². The number of hydrogen-bond donors (Lipinski definition) is 0. The summed E-state index contributed by atoms with van der Waals surface area (Å²) in [5.41, 5.74) is 0. The maximum absolute atomic E-state index is 11.7. The van der Waals surface area contributed by atoms with Gasteiger partial charge in [0.1, 0.15) is 13.2 Å². The molecule has 0 atom stereocenters. The number of hydrogen-bond acceptors (Lipinski definition) is 4. The molecule has 0 N–H and O–H groups in total. The molecule has 1 amide bonds. The highest BCUT2D eigenvalue weighted by atomic mass is 28.4. The van der Waals surface area contributed by atoms with E-state index in [0.717, 1.165) is 6.04 Å². The van der Waals surface area contributed by atoms with Gasteiger partial charge in [0, 0.05) is 6.54 Å². The summed E-state index contributed by atoms with van der Waals surface area (Å²) in [6.45, 7) is 13.1.